The Labute approximate surface area is 149 Å². The first-order valence-corrected chi connectivity index (χ1v) is 8.73. The quantitative estimate of drug-likeness (QED) is 0.289. The van der Waals surface area contributed by atoms with Gasteiger partial charge < -0.3 is 15.2 Å². The van der Waals surface area contributed by atoms with Crippen LogP contribution >= 0.6 is 11.3 Å². The van der Waals surface area contributed by atoms with Gasteiger partial charge in [-0.25, -0.2) is 0 Å². The fourth-order valence-corrected chi connectivity index (χ4v) is 4.48. The lowest BCUT2D eigenvalue weighted by atomic mass is 10.00. The van der Waals surface area contributed by atoms with E-state index in [0.717, 1.165) is 10.2 Å². The maximum atomic E-state index is 13.1. The van der Waals surface area contributed by atoms with Crippen LogP contribution < -0.4 is 10.9 Å². The molecule has 126 valence electrons. The van der Waals surface area contributed by atoms with Crippen molar-refractivity contribution in [1.82, 2.24) is 4.98 Å². The second-order valence-corrected chi connectivity index (χ2v) is 7.18. The Morgan fingerprint density at radius 2 is 1.58 bits per heavy atom. The standard InChI is InChI=1S/C20H11NO4S/c22-11-6-3-4-9-15(11)20(25)16-12(23)8-14-18(17(16)19(9)24)21-10-5-1-2-7-13(10)26-14/h1-8,21-23H. The number of fused-ring (bicyclic) bond motifs is 5. The van der Waals surface area contributed by atoms with Gasteiger partial charge >= 0.3 is 0 Å². The van der Waals surface area contributed by atoms with Crippen LogP contribution in [0.1, 0.15) is 0 Å². The molecule has 3 N–H and O–H groups in total. The van der Waals surface area contributed by atoms with Crippen molar-refractivity contribution in [2.75, 3.05) is 0 Å². The molecule has 4 aromatic carbocycles. The molecule has 26 heavy (non-hydrogen) atoms. The summed E-state index contributed by atoms with van der Waals surface area (Å²) in [5.74, 6) is -0.531. The van der Waals surface area contributed by atoms with Crippen LogP contribution in [-0.4, -0.2) is 15.2 Å². The number of aromatic amines is 1. The topological polar surface area (TPSA) is 90.4 Å². The average Bonchev–Trinajstić information content (AvgIpc) is 2.63. The molecule has 0 aliphatic rings. The number of phenols is 2. The third kappa shape index (κ3) is 1.84. The number of para-hydroxylation sites is 1. The minimum Gasteiger partial charge on any atom is -0.507 e. The van der Waals surface area contributed by atoms with Gasteiger partial charge in [0.2, 0.25) is 5.43 Å². The maximum absolute atomic E-state index is 13.1. The third-order valence-corrected chi connectivity index (χ3v) is 5.72. The molecule has 0 fully saturated rings. The monoisotopic (exact) mass is 361 g/mol. The second kappa shape index (κ2) is 5.06. The summed E-state index contributed by atoms with van der Waals surface area (Å²) in [4.78, 5) is 29.3. The van der Waals surface area contributed by atoms with E-state index >= 15 is 0 Å². The highest BCUT2D eigenvalue weighted by Gasteiger charge is 2.19. The third-order valence-electron chi connectivity index (χ3n) is 4.61. The van der Waals surface area contributed by atoms with Crippen LogP contribution in [0.5, 0.6) is 11.5 Å². The summed E-state index contributed by atoms with van der Waals surface area (Å²) in [6.07, 6.45) is 0. The summed E-state index contributed by atoms with van der Waals surface area (Å²) in [5.41, 5.74) is 0.387. The van der Waals surface area contributed by atoms with Crippen molar-refractivity contribution in [3.05, 3.63) is 69.0 Å². The van der Waals surface area contributed by atoms with E-state index in [-0.39, 0.29) is 33.0 Å². The zero-order valence-electron chi connectivity index (χ0n) is 13.2. The van der Waals surface area contributed by atoms with Gasteiger partial charge in [0.25, 0.3) is 0 Å². The number of hydrogen-bond acceptors (Lipinski definition) is 5. The van der Waals surface area contributed by atoms with Crippen molar-refractivity contribution in [3.63, 3.8) is 0 Å². The van der Waals surface area contributed by atoms with E-state index in [1.165, 1.54) is 35.6 Å². The number of nitrogens with one attached hydrogen (secondary N) is 1. The Morgan fingerprint density at radius 3 is 2.42 bits per heavy atom. The summed E-state index contributed by atoms with van der Waals surface area (Å²) in [7, 11) is 0. The predicted molar refractivity (Wildman–Crippen MR) is 105 cm³/mol. The van der Waals surface area contributed by atoms with E-state index < -0.39 is 10.9 Å². The summed E-state index contributed by atoms with van der Waals surface area (Å²) < 4.78 is 1.64. The molecule has 0 aliphatic heterocycles. The van der Waals surface area contributed by atoms with Crippen LogP contribution in [-0.2, 0) is 0 Å². The minimum absolute atomic E-state index is 0.0656. The minimum atomic E-state index is -0.557. The number of benzene rings is 4. The van der Waals surface area contributed by atoms with Gasteiger partial charge in [-0.3, -0.25) is 9.59 Å². The fraction of sp³-hybridized carbons (Fsp3) is 0. The van der Waals surface area contributed by atoms with E-state index in [0.29, 0.717) is 10.2 Å². The predicted octanol–water partition coefficient (Wildman–Crippen LogP) is 3.82. The molecule has 1 heterocycles. The molecular formula is C20H11NO4S. The number of phenolic OH excluding ortho intramolecular Hbond substituents is 2. The van der Waals surface area contributed by atoms with Gasteiger partial charge in [0.05, 0.1) is 36.6 Å². The molecule has 6 heteroatoms. The maximum Gasteiger partial charge on any atom is 0.202 e. The number of aromatic hydroxyl groups is 2. The Hall–Kier alpha value is -3.38. The number of H-pyrrole nitrogens is 1. The normalized spacial score (nSPS) is 11.7. The SMILES string of the molecule is O=c1c2c(O)cccc2c(=O)c2c1c(O)cc1sc3ccccc3[nH]c12. The van der Waals surface area contributed by atoms with E-state index in [9.17, 15) is 19.8 Å². The molecule has 0 unspecified atom stereocenters. The van der Waals surface area contributed by atoms with Gasteiger partial charge in [0, 0.05) is 11.5 Å². The molecular weight excluding hydrogens is 350 g/mol. The van der Waals surface area contributed by atoms with Gasteiger partial charge in [-0.05, 0) is 18.2 Å². The van der Waals surface area contributed by atoms with Gasteiger partial charge in [0.1, 0.15) is 11.5 Å². The van der Waals surface area contributed by atoms with Crippen LogP contribution in [0.4, 0.5) is 0 Å². The Kier molecular flexibility index (Phi) is 2.90. The second-order valence-electron chi connectivity index (χ2n) is 6.10. The Morgan fingerprint density at radius 1 is 0.769 bits per heavy atom. The fourth-order valence-electron chi connectivity index (χ4n) is 3.45. The molecule has 1 aromatic heterocycles. The Balaban J connectivity index is 2.17. The molecule has 0 atom stereocenters. The molecule has 5 aromatic rings. The van der Waals surface area contributed by atoms with Gasteiger partial charge in [-0.15, -0.1) is 11.3 Å². The van der Waals surface area contributed by atoms with Crippen molar-refractivity contribution in [3.8, 4) is 11.5 Å². The van der Waals surface area contributed by atoms with Crippen LogP contribution in [0.15, 0.2) is 58.1 Å². The van der Waals surface area contributed by atoms with Crippen molar-refractivity contribution in [2.24, 2.45) is 0 Å². The zero-order chi connectivity index (χ0) is 18.0. The highest BCUT2D eigenvalue weighted by Crippen LogP contribution is 2.35. The lowest BCUT2D eigenvalue weighted by Gasteiger charge is -2.09. The van der Waals surface area contributed by atoms with Crippen LogP contribution in [0.2, 0.25) is 0 Å². The molecule has 0 spiro atoms. The van der Waals surface area contributed by atoms with Gasteiger partial charge in [-0.1, -0.05) is 24.3 Å². The molecule has 0 amide bonds. The van der Waals surface area contributed by atoms with E-state index in [1.54, 1.807) is 0 Å². The molecule has 0 saturated carbocycles. The molecule has 5 rings (SSSR count). The summed E-state index contributed by atoms with van der Waals surface area (Å²) >= 11 is 1.42. The molecule has 5 nitrogen and oxygen atoms in total. The first kappa shape index (κ1) is 14.9. The summed E-state index contributed by atoms with van der Waals surface area (Å²) in [6, 6.07) is 13.5. The zero-order valence-corrected chi connectivity index (χ0v) is 14.1. The average molecular weight is 361 g/mol. The van der Waals surface area contributed by atoms with E-state index in [4.69, 9.17) is 0 Å². The van der Waals surface area contributed by atoms with Crippen molar-refractivity contribution >= 4 is 53.3 Å². The highest BCUT2D eigenvalue weighted by molar-refractivity contribution is 7.24. The van der Waals surface area contributed by atoms with Gasteiger partial charge in [-0.2, -0.15) is 0 Å². The summed E-state index contributed by atoms with van der Waals surface area (Å²) in [5, 5.41) is 20.7. The van der Waals surface area contributed by atoms with Crippen molar-refractivity contribution < 1.29 is 10.2 Å². The molecule has 0 aliphatic carbocycles. The van der Waals surface area contributed by atoms with Crippen LogP contribution in [0, 0.1) is 0 Å². The van der Waals surface area contributed by atoms with Gasteiger partial charge in [0.15, 0.2) is 5.43 Å². The van der Waals surface area contributed by atoms with Crippen molar-refractivity contribution in [1.29, 1.82) is 0 Å². The first-order valence-electron chi connectivity index (χ1n) is 7.91. The van der Waals surface area contributed by atoms with E-state index in [1.807, 2.05) is 24.3 Å². The summed E-state index contributed by atoms with van der Waals surface area (Å²) in [6.45, 7) is 0. The molecule has 0 saturated heterocycles. The van der Waals surface area contributed by atoms with Crippen molar-refractivity contribution in [2.45, 2.75) is 0 Å². The number of rotatable bonds is 0. The first-order chi connectivity index (χ1) is 12.6. The smallest absolute Gasteiger partial charge is 0.202 e. The molecule has 0 radical (unpaired) electrons. The lowest BCUT2D eigenvalue weighted by molar-refractivity contribution is 0.480. The number of aromatic nitrogens is 1. The van der Waals surface area contributed by atoms with Crippen LogP contribution in [0.3, 0.4) is 0 Å². The highest BCUT2D eigenvalue weighted by atomic mass is 32.1. The van der Waals surface area contributed by atoms with Crippen LogP contribution in [0.25, 0.3) is 42.0 Å². The van der Waals surface area contributed by atoms with E-state index in [2.05, 4.69) is 4.98 Å². The lowest BCUT2D eigenvalue weighted by Crippen LogP contribution is -2.13. The Bertz CT molecular complexity index is 1500. The molecule has 0 bridgehead atoms. The number of hydrogen-bond donors (Lipinski definition) is 3. The largest absolute Gasteiger partial charge is 0.507 e.